The normalized spacial score (nSPS) is 11.8. The molecule has 0 amide bonds. The van der Waals surface area contributed by atoms with Gasteiger partial charge < -0.3 is 13.7 Å². The SMILES string of the molecule is c1ccc(-c2ccc3cc(N(c4ccc(-c5cccc6ccccc56)cc4)c4cc5oc6ccccc6c5c5oc6ccccc6c45)ccc3c2)cc1. The Hall–Kier alpha value is -7.10. The van der Waals surface area contributed by atoms with E-state index in [1.165, 1.54) is 38.4 Å². The molecule has 0 saturated heterocycles. The van der Waals surface area contributed by atoms with Crippen LogP contribution in [0.25, 0.3) is 87.7 Å². The van der Waals surface area contributed by atoms with E-state index in [9.17, 15) is 0 Å². The highest BCUT2D eigenvalue weighted by atomic mass is 16.3. The van der Waals surface area contributed by atoms with Gasteiger partial charge in [0, 0.05) is 28.2 Å². The number of para-hydroxylation sites is 2. The van der Waals surface area contributed by atoms with Gasteiger partial charge in [0.1, 0.15) is 22.3 Å². The van der Waals surface area contributed by atoms with Gasteiger partial charge in [-0.05, 0) is 86.3 Å². The molecule has 2 heterocycles. The second-order valence-corrected chi connectivity index (χ2v) is 13.7. The van der Waals surface area contributed by atoms with Gasteiger partial charge in [-0.3, -0.25) is 0 Å². The van der Waals surface area contributed by atoms with Crippen molar-refractivity contribution < 1.29 is 8.83 Å². The molecule has 3 heteroatoms. The van der Waals surface area contributed by atoms with Gasteiger partial charge in [-0.15, -0.1) is 0 Å². The lowest BCUT2D eigenvalue weighted by Gasteiger charge is -2.27. The van der Waals surface area contributed by atoms with E-state index in [0.717, 1.165) is 66.3 Å². The lowest BCUT2D eigenvalue weighted by atomic mass is 9.97. The molecule has 0 radical (unpaired) electrons. The van der Waals surface area contributed by atoms with Crippen molar-refractivity contribution in [1.29, 1.82) is 0 Å². The summed E-state index contributed by atoms with van der Waals surface area (Å²) in [4.78, 5) is 2.36. The highest BCUT2D eigenvalue weighted by Gasteiger charge is 2.25. The maximum Gasteiger partial charge on any atom is 0.149 e. The molecule has 11 rings (SSSR count). The first kappa shape index (κ1) is 29.6. The van der Waals surface area contributed by atoms with E-state index in [0.29, 0.717) is 0 Å². The number of benzene rings is 9. The van der Waals surface area contributed by atoms with Crippen LogP contribution in [0, 0.1) is 0 Å². The quantitative estimate of drug-likeness (QED) is 0.182. The first-order valence-corrected chi connectivity index (χ1v) is 18.0. The zero-order valence-corrected chi connectivity index (χ0v) is 28.7. The highest BCUT2D eigenvalue weighted by molar-refractivity contribution is 6.26. The maximum atomic E-state index is 6.75. The summed E-state index contributed by atoms with van der Waals surface area (Å²) in [7, 11) is 0. The summed E-state index contributed by atoms with van der Waals surface area (Å²) in [5, 5.41) is 8.98. The van der Waals surface area contributed by atoms with Gasteiger partial charge >= 0.3 is 0 Å². The van der Waals surface area contributed by atoms with E-state index in [4.69, 9.17) is 8.83 Å². The molecule has 0 bridgehead atoms. The molecule has 0 atom stereocenters. The maximum absolute atomic E-state index is 6.75. The van der Waals surface area contributed by atoms with Crippen molar-refractivity contribution in [2.75, 3.05) is 4.90 Å². The summed E-state index contributed by atoms with van der Waals surface area (Å²) in [6.07, 6.45) is 0. The van der Waals surface area contributed by atoms with Crippen molar-refractivity contribution >= 4 is 82.5 Å². The van der Waals surface area contributed by atoms with Crippen LogP contribution in [0.3, 0.4) is 0 Å². The Morgan fingerprint density at radius 1 is 0.340 bits per heavy atom. The van der Waals surface area contributed by atoms with Crippen LogP contribution in [-0.4, -0.2) is 0 Å². The van der Waals surface area contributed by atoms with E-state index < -0.39 is 0 Å². The lowest BCUT2D eigenvalue weighted by Crippen LogP contribution is -2.10. The van der Waals surface area contributed by atoms with Crippen LogP contribution in [0.1, 0.15) is 0 Å². The van der Waals surface area contributed by atoms with Crippen molar-refractivity contribution in [2.45, 2.75) is 0 Å². The zero-order valence-electron chi connectivity index (χ0n) is 28.7. The third kappa shape index (κ3) is 4.75. The van der Waals surface area contributed by atoms with Crippen LogP contribution in [0.2, 0.25) is 0 Å². The average molecular weight is 678 g/mol. The number of nitrogens with zero attached hydrogens (tertiary/aromatic N) is 1. The van der Waals surface area contributed by atoms with Crippen molar-refractivity contribution in [2.24, 2.45) is 0 Å². The molecule has 0 saturated carbocycles. The Morgan fingerprint density at radius 2 is 0.962 bits per heavy atom. The lowest BCUT2D eigenvalue weighted by molar-refractivity contribution is 0.663. The summed E-state index contributed by atoms with van der Waals surface area (Å²) in [5.74, 6) is 0. The monoisotopic (exact) mass is 677 g/mol. The Balaban J connectivity index is 1.16. The second-order valence-electron chi connectivity index (χ2n) is 13.7. The third-order valence-corrected chi connectivity index (χ3v) is 10.6. The molecular formula is C50H31NO2. The van der Waals surface area contributed by atoms with Crippen LogP contribution in [0.15, 0.2) is 197 Å². The Kier molecular flexibility index (Phi) is 6.55. The summed E-state index contributed by atoms with van der Waals surface area (Å²) < 4.78 is 13.3. The largest absolute Gasteiger partial charge is 0.456 e. The minimum atomic E-state index is 0.790. The predicted octanol–water partition coefficient (Wildman–Crippen LogP) is 14.6. The van der Waals surface area contributed by atoms with Crippen molar-refractivity contribution in [3.05, 3.63) is 188 Å². The van der Waals surface area contributed by atoms with Crippen molar-refractivity contribution in [1.82, 2.24) is 0 Å². The third-order valence-electron chi connectivity index (χ3n) is 10.6. The Labute approximate surface area is 305 Å². The molecule has 0 aliphatic carbocycles. The molecular weight excluding hydrogens is 647 g/mol. The molecule has 0 unspecified atom stereocenters. The van der Waals surface area contributed by atoms with Crippen LogP contribution >= 0.6 is 0 Å². The molecule has 9 aromatic carbocycles. The molecule has 2 aromatic heterocycles. The molecule has 3 nitrogen and oxygen atoms in total. The van der Waals surface area contributed by atoms with E-state index in [2.05, 4.69) is 175 Å². The van der Waals surface area contributed by atoms with Crippen LogP contribution in [0.4, 0.5) is 17.1 Å². The Morgan fingerprint density at radius 3 is 1.79 bits per heavy atom. The van der Waals surface area contributed by atoms with E-state index in [-0.39, 0.29) is 0 Å². The predicted molar refractivity (Wildman–Crippen MR) is 222 cm³/mol. The van der Waals surface area contributed by atoms with Gasteiger partial charge in [0.05, 0.1) is 16.5 Å². The topological polar surface area (TPSA) is 29.5 Å². The number of hydrogen-bond acceptors (Lipinski definition) is 3. The number of rotatable bonds is 5. The van der Waals surface area contributed by atoms with E-state index in [1.54, 1.807) is 0 Å². The van der Waals surface area contributed by atoms with Gasteiger partial charge in [0.25, 0.3) is 0 Å². The highest BCUT2D eigenvalue weighted by Crippen LogP contribution is 2.48. The number of hydrogen-bond donors (Lipinski definition) is 0. The molecule has 11 aromatic rings. The van der Waals surface area contributed by atoms with Gasteiger partial charge in [-0.1, -0.05) is 140 Å². The molecule has 53 heavy (non-hydrogen) atoms. The second kappa shape index (κ2) is 11.7. The minimum absolute atomic E-state index is 0.790. The van der Waals surface area contributed by atoms with Crippen molar-refractivity contribution in [3.8, 4) is 22.3 Å². The molecule has 0 N–H and O–H groups in total. The molecule has 248 valence electrons. The summed E-state index contributed by atoms with van der Waals surface area (Å²) in [5.41, 5.74) is 11.2. The first-order chi connectivity index (χ1) is 26.3. The average Bonchev–Trinajstić information content (AvgIpc) is 3.80. The van der Waals surface area contributed by atoms with Crippen LogP contribution < -0.4 is 4.90 Å². The van der Waals surface area contributed by atoms with E-state index in [1.807, 2.05) is 18.2 Å². The summed E-state index contributed by atoms with van der Waals surface area (Å²) >= 11 is 0. The van der Waals surface area contributed by atoms with Gasteiger partial charge in [0.15, 0.2) is 0 Å². The Bertz CT molecular complexity index is 3160. The standard InChI is InChI=1S/C50H31NO2/c1-2-11-32(12-3-1)35-21-22-37-30-39(28-25-36(37)29-35)51(38-26-23-34(24-27-38)41-18-10-14-33-13-4-5-15-40(33)41)44-31-47-49(43-17-7-8-19-45(43)52-47)50-48(44)42-16-6-9-20-46(42)53-50/h1-31H. The van der Waals surface area contributed by atoms with Gasteiger partial charge in [0.2, 0.25) is 0 Å². The molecule has 0 spiro atoms. The smallest absolute Gasteiger partial charge is 0.149 e. The zero-order chi connectivity index (χ0) is 34.9. The fourth-order valence-electron chi connectivity index (χ4n) is 8.13. The van der Waals surface area contributed by atoms with Crippen LogP contribution in [0.5, 0.6) is 0 Å². The fourth-order valence-corrected chi connectivity index (χ4v) is 8.13. The first-order valence-electron chi connectivity index (χ1n) is 18.0. The van der Waals surface area contributed by atoms with Gasteiger partial charge in [-0.25, -0.2) is 0 Å². The number of anilines is 3. The number of fused-ring (bicyclic) bond motifs is 9. The van der Waals surface area contributed by atoms with Crippen LogP contribution in [-0.2, 0) is 0 Å². The molecule has 0 aliphatic rings. The number of furan rings is 2. The minimum Gasteiger partial charge on any atom is -0.456 e. The molecule has 0 aliphatic heterocycles. The molecule has 0 fully saturated rings. The summed E-state index contributed by atoms with van der Waals surface area (Å²) in [6, 6.07) is 66.8. The summed E-state index contributed by atoms with van der Waals surface area (Å²) in [6.45, 7) is 0. The van der Waals surface area contributed by atoms with Crippen molar-refractivity contribution in [3.63, 3.8) is 0 Å². The van der Waals surface area contributed by atoms with E-state index >= 15 is 0 Å². The fraction of sp³-hybridized carbons (Fsp3) is 0. The van der Waals surface area contributed by atoms with Gasteiger partial charge in [-0.2, -0.15) is 0 Å².